The number of hydrogen-bond acceptors (Lipinski definition) is 1. The molecule has 88 valence electrons. The van der Waals surface area contributed by atoms with Crippen molar-refractivity contribution in [1.82, 2.24) is 5.32 Å². The van der Waals surface area contributed by atoms with Crippen LogP contribution in [-0.2, 0) is 0 Å². The lowest BCUT2D eigenvalue weighted by atomic mass is 9.77. The van der Waals surface area contributed by atoms with Gasteiger partial charge in [0.05, 0.1) is 0 Å². The Balaban J connectivity index is 1.78. The van der Waals surface area contributed by atoms with E-state index < -0.39 is 0 Å². The van der Waals surface area contributed by atoms with E-state index in [0.717, 1.165) is 11.8 Å². The molecule has 2 fully saturated rings. The Labute approximate surface area is 95.0 Å². The van der Waals surface area contributed by atoms with Gasteiger partial charge in [0, 0.05) is 6.04 Å². The molecule has 0 aromatic rings. The quantitative estimate of drug-likeness (QED) is 0.746. The molecule has 0 amide bonds. The summed E-state index contributed by atoms with van der Waals surface area (Å²) in [6.45, 7) is 8.29. The van der Waals surface area contributed by atoms with Crippen LogP contribution in [0.4, 0.5) is 0 Å². The average Bonchev–Trinajstić information content (AvgIpc) is 2.90. The molecular weight excluding hydrogens is 182 g/mol. The fourth-order valence-corrected chi connectivity index (χ4v) is 3.42. The maximum absolute atomic E-state index is 3.60. The number of hydrogen-bond donors (Lipinski definition) is 1. The smallest absolute Gasteiger partial charge is 0.00104 e. The van der Waals surface area contributed by atoms with Crippen LogP contribution in [0.15, 0.2) is 0 Å². The van der Waals surface area contributed by atoms with E-state index in [4.69, 9.17) is 0 Å². The second-order valence-electron chi connectivity index (χ2n) is 6.30. The fraction of sp³-hybridized carbons (Fsp3) is 1.00. The SMILES string of the molecule is CC(C)NCC1CC1(C)C1CCCCC1. The molecule has 2 unspecified atom stereocenters. The first kappa shape index (κ1) is 11.4. The van der Waals surface area contributed by atoms with E-state index in [1.54, 1.807) is 0 Å². The molecule has 2 atom stereocenters. The maximum Gasteiger partial charge on any atom is 0.00104 e. The highest BCUT2D eigenvalue weighted by molar-refractivity contribution is 5.04. The summed E-state index contributed by atoms with van der Waals surface area (Å²) in [7, 11) is 0. The van der Waals surface area contributed by atoms with E-state index in [0.29, 0.717) is 11.5 Å². The van der Waals surface area contributed by atoms with E-state index in [-0.39, 0.29) is 0 Å². The Morgan fingerprint density at radius 2 is 1.87 bits per heavy atom. The third kappa shape index (κ3) is 2.55. The van der Waals surface area contributed by atoms with Crippen molar-refractivity contribution < 1.29 is 0 Å². The van der Waals surface area contributed by atoms with Gasteiger partial charge in [-0.2, -0.15) is 0 Å². The molecule has 1 N–H and O–H groups in total. The highest BCUT2D eigenvalue weighted by Gasteiger charge is 2.53. The molecule has 0 bridgehead atoms. The lowest BCUT2D eigenvalue weighted by molar-refractivity contribution is 0.225. The lowest BCUT2D eigenvalue weighted by Gasteiger charge is -2.29. The Kier molecular flexibility index (Phi) is 3.39. The van der Waals surface area contributed by atoms with E-state index >= 15 is 0 Å². The summed E-state index contributed by atoms with van der Waals surface area (Å²) in [5.74, 6) is 2.02. The predicted octanol–water partition coefficient (Wildman–Crippen LogP) is 3.59. The Morgan fingerprint density at radius 3 is 2.47 bits per heavy atom. The van der Waals surface area contributed by atoms with Gasteiger partial charge in [0.15, 0.2) is 0 Å². The zero-order chi connectivity index (χ0) is 10.9. The molecule has 0 aromatic carbocycles. The summed E-state index contributed by atoms with van der Waals surface area (Å²) in [4.78, 5) is 0. The largest absolute Gasteiger partial charge is 0.314 e. The van der Waals surface area contributed by atoms with Gasteiger partial charge in [-0.1, -0.05) is 40.0 Å². The molecule has 0 heterocycles. The van der Waals surface area contributed by atoms with Crippen molar-refractivity contribution >= 4 is 0 Å². The average molecular weight is 209 g/mol. The first-order valence-corrected chi connectivity index (χ1v) is 6.86. The van der Waals surface area contributed by atoms with Gasteiger partial charge in [0.25, 0.3) is 0 Å². The summed E-state index contributed by atoms with van der Waals surface area (Å²) < 4.78 is 0. The summed E-state index contributed by atoms with van der Waals surface area (Å²) >= 11 is 0. The van der Waals surface area contributed by atoms with Crippen LogP contribution in [0, 0.1) is 17.3 Å². The van der Waals surface area contributed by atoms with Gasteiger partial charge in [-0.15, -0.1) is 0 Å². The van der Waals surface area contributed by atoms with E-state index in [1.807, 2.05) is 0 Å². The molecular formula is C14H27N. The first-order valence-electron chi connectivity index (χ1n) is 6.86. The lowest BCUT2D eigenvalue weighted by Crippen LogP contribution is -2.28. The van der Waals surface area contributed by atoms with Gasteiger partial charge < -0.3 is 5.32 Å². The third-order valence-electron chi connectivity index (χ3n) is 4.77. The van der Waals surface area contributed by atoms with Crippen molar-refractivity contribution in [2.75, 3.05) is 6.54 Å². The second-order valence-corrected chi connectivity index (χ2v) is 6.30. The monoisotopic (exact) mass is 209 g/mol. The van der Waals surface area contributed by atoms with Crippen LogP contribution in [0.5, 0.6) is 0 Å². The molecule has 1 nitrogen and oxygen atoms in total. The van der Waals surface area contributed by atoms with Crippen LogP contribution >= 0.6 is 0 Å². The van der Waals surface area contributed by atoms with Crippen LogP contribution < -0.4 is 5.32 Å². The summed E-state index contributed by atoms with van der Waals surface area (Å²) in [5.41, 5.74) is 0.711. The zero-order valence-corrected chi connectivity index (χ0v) is 10.7. The first-order chi connectivity index (χ1) is 7.13. The van der Waals surface area contributed by atoms with Gasteiger partial charge in [-0.3, -0.25) is 0 Å². The Morgan fingerprint density at radius 1 is 1.20 bits per heavy atom. The number of nitrogens with one attached hydrogen (secondary N) is 1. The van der Waals surface area contributed by atoms with E-state index in [9.17, 15) is 0 Å². The van der Waals surface area contributed by atoms with Crippen molar-refractivity contribution in [3.63, 3.8) is 0 Å². The van der Waals surface area contributed by atoms with Crippen molar-refractivity contribution in [3.05, 3.63) is 0 Å². The van der Waals surface area contributed by atoms with Crippen molar-refractivity contribution in [2.24, 2.45) is 17.3 Å². The van der Waals surface area contributed by atoms with E-state index in [2.05, 4.69) is 26.1 Å². The molecule has 1 heteroatoms. The standard InChI is InChI=1S/C14H27N/c1-11(2)15-10-13-9-14(13,3)12-7-5-4-6-8-12/h11-13,15H,4-10H2,1-3H3. The highest BCUT2D eigenvalue weighted by atomic mass is 14.9. The molecule has 2 aliphatic carbocycles. The van der Waals surface area contributed by atoms with Gasteiger partial charge in [-0.25, -0.2) is 0 Å². The van der Waals surface area contributed by atoms with Crippen LogP contribution in [0.25, 0.3) is 0 Å². The molecule has 2 aliphatic rings. The van der Waals surface area contributed by atoms with Crippen LogP contribution in [0.3, 0.4) is 0 Å². The van der Waals surface area contributed by atoms with Crippen LogP contribution in [0.1, 0.15) is 59.3 Å². The summed E-state index contributed by atoms with van der Waals surface area (Å²) in [6, 6.07) is 0.654. The van der Waals surface area contributed by atoms with Crippen molar-refractivity contribution in [3.8, 4) is 0 Å². The molecule has 0 aromatic heterocycles. The van der Waals surface area contributed by atoms with Gasteiger partial charge >= 0.3 is 0 Å². The van der Waals surface area contributed by atoms with Gasteiger partial charge in [0.1, 0.15) is 0 Å². The highest BCUT2D eigenvalue weighted by Crippen LogP contribution is 2.60. The minimum atomic E-state index is 0.654. The minimum Gasteiger partial charge on any atom is -0.314 e. The molecule has 0 radical (unpaired) electrons. The van der Waals surface area contributed by atoms with Crippen LogP contribution in [0.2, 0.25) is 0 Å². The Bertz CT molecular complexity index is 205. The summed E-state index contributed by atoms with van der Waals surface area (Å²) in [5, 5.41) is 3.60. The summed E-state index contributed by atoms with van der Waals surface area (Å²) in [6.07, 6.45) is 8.97. The van der Waals surface area contributed by atoms with Gasteiger partial charge in [0.2, 0.25) is 0 Å². The molecule has 0 spiro atoms. The van der Waals surface area contributed by atoms with Gasteiger partial charge in [-0.05, 0) is 43.1 Å². The Hall–Kier alpha value is -0.0400. The molecule has 0 aliphatic heterocycles. The van der Waals surface area contributed by atoms with Crippen LogP contribution in [-0.4, -0.2) is 12.6 Å². The normalized spacial score (nSPS) is 37.2. The molecule has 2 saturated carbocycles. The molecule has 15 heavy (non-hydrogen) atoms. The molecule has 2 rings (SSSR count). The number of rotatable bonds is 4. The fourth-order valence-electron chi connectivity index (χ4n) is 3.42. The van der Waals surface area contributed by atoms with Crippen molar-refractivity contribution in [1.29, 1.82) is 0 Å². The second kappa shape index (κ2) is 4.45. The van der Waals surface area contributed by atoms with Crippen molar-refractivity contribution in [2.45, 2.75) is 65.3 Å². The topological polar surface area (TPSA) is 12.0 Å². The predicted molar refractivity (Wildman–Crippen MR) is 65.9 cm³/mol. The minimum absolute atomic E-state index is 0.654. The van der Waals surface area contributed by atoms with E-state index in [1.165, 1.54) is 45.1 Å². The third-order valence-corrected chi connectivity index (χ3v) is 4.77. The zero-order valence-electron chi connectivity index (χ0n) is 10.7. The maximum atomic E-state index is 3.60. The molecule has 0 saturated heterocycles.